The van der Waals surface area contributed by atoms with E-state index in [0.717, 1.165) is 0 Å². The van der Waals surface area contributed by atoms with Crippen molar-refractivity contribution in [1.82, 2.24) is 9.97 Å². The first-order valence-corrected chi connectivity index (χ1v) is 8.13. The van der Waals surface area contributed by atoms with Crippen LogP contribution in [0.4, 0.5) is 4.39 Å². The third kappa shape index (κ3) is 5.44. The van der Waals surface area contributed by atoms with Gasteiger partial charge >= 0.3 is 5.97 Å². The molecule has 0 saturated carbocycles. The molecule has 0 aliphatic carbocycles. The van der Waals surface area contributed by atoms with E-state index in [1.54, 1.807) is 32.1 Å². The molecule has 0 saturated heterocycles. The Balaban J connectivity index is 2.28. The summed E-state index contributed by atoms with van der Waals surface area (Å²) in [6.45, 7) is 3.55. The molecule has 2 aromatic rings. The average Bonchev–Trinajstić information content (AvgIpc) is 2.53. The van der Waals surface area contributed by atoms with Crippen molar-refractivity contribution in [3.05, 3.63) is 53.2 Å². The first kappa shape index (κ1) is 19.7. The second kappa shape index (κ2) is 8.64. The molecular weight excluding hydrogens is 339 g/mol. The lowest BCUT2D eigenvalue weighted by Crippen LogP contribution is -2.19. The number of hydrogen-bond acceptors (Lipinski definition) is 5. The van der Waals surface area contributed by atoms with Gasteiger partial charge in [0.25, 0.3) is 0 Å². The number of aromatic nitrogens is 2. The minimum atomic E-state index is -1.14. The summed E-state index contributed by atoms with van der Waals surface area (Å²) < 4.78 is 13.2. The standard InChI is InChI=1S/C19H21FN2O4/c1-11-17(8-7-15(23)9-16(24)10-18(25)26)19(22-12(2)21-11)13-3-5-14(20)6-4-13/h3-8,15-16,23-24H,9-10H2,1-2H3,(H,25,26)/t15-,16-/m1/s1. The number of nitrogens with zero attached hydrogens (tertiary/aromatic N) is 2. The number of hydrogen-bond donors (Lipinski definition) is 3. The molecule has 0 aliphatic rings. The van der Waals surface area contributed by atoms with E-state index in [9.17, 15) is 19.4 Å². The minimum absolute atomic E-state index is 0.0968. The van der Waals surface area contributed by atoms with Gasteiger partial charge in [-0.3, -0.25) is 4.79 Å². The van der Waals surface area contributed by atoms with Crippen LogP contribution in [-0.4, -0.2) is 43.5 Å². The Bertz CT molecular complexity index is 806. The highest BCUT2D eigenvalue weighted by Crippen LogP contribution is 2.25. The Morgan fingerprint density at radius 1 is 1.19 bits per heavy atom. The van der Waals surface area contributed by atoms with Gasteiger partial charge in [0.2, 0.25) is 0 Å². The maximum atomic E-state index is 13.2. The Morgan fingerprint density at radius 2 is 1.85 bits per heavy atom. The van der Waals surface area contributed by atoms with Crippen LogP contribution < -0.4 is 0 Å². The number of benzene rings is 1. The van der Waals surface area contributed by atoms with Gasteiger partial charge in [-0.25, -0.2) is 14.4 Å². The lowest BCUT2D eigenvalue weighted by Gasteiger charge is -2.12. The number of carbonyl (C=O) groups is 1. The second-order valence-corrected chi connectivity index (χ2v) is 6.04. The number of carboxylic acid groups (broad SMARTS) is 1. The van der Waals surface area contributed by atoms with Crippen LogP contribution in [0.3, 0.4) is 0 Å². The van der Waals surface area contributed by atoms with Gasteiger partial charge in [0.05, 0.1) is 24.3 Å². The maximum Gasteiger partial charge on any atom is 0.305 e. The lowest BCUT2D eigenvalue weighted by molar-refractivity contribution is -0.139. The third-order valence-corrected chi connectivity index (χ3v) is 3.77. The topological polar surface area (TPSA) is 104 Å². The first-order chi connectivity index (χ1) is 12.3. The zero-order valence-corrected chi connectivity index (χ0v) is 14.6. The molecule has 1 aromatic carbocycles. The van der Waals surface area contributed by atoms with Gasteiger partial charge in [0.15, 0.2) is 0 Å². The average molecular weight is 360 g/mol. The van der Waals surface area contributed by atoms with Gasteiger partial charge in [-0.1, -0.05) is 12.2 Å². The van der Waals surface area contributed by atoms with E-state index in [2.05, 4.69) is 9.97 Å². The molecule has 0 radical (unpaired) electrons. The van der Waals surface area contributed by atoms with Gasteiger partial charge in [0.1, 0.15) is 11.6 Å². The zero-order chi connectivity index (χ0) is 19.3. The number of aryl methyl sites for hydroxylation is 2. The summed E-state index contributed by atoms with van der Waals surface area (Å²) in [5, 5.41) is 28.3. The maximum absolute atomic E-state index is 13.2. The molecule has 0 fully saturated rings. The van der Waals surface area contributed by atoms with Crippen molar-refractivity contribution >= 4 is 12.0 Å². The molecule has 0 unspecified atom stereocenters. The Hall–Kier alpha value is -2.64. The lowest BCUT2D eigenvalue weighted by atomic mass is 10.0. The molecule has 0 amide bonds. The van der Waals surface area contributed by atoms with Crippen LogP contribution >= 0.6 is 0 Å². The second-order valence-electron chi connectivity index (χ2n) is 6.04. The van der Waals surface area contributed by atoms with Crippen LogP contribution in [0.15, 0.2) is 30.3 Å². The molecule has 0 spiro atoms. The monoisotopic (exact) mass is 360 g/mol. The van der Waals surface area contributed by atoms with E-state index < -0.39 is 24.6 Å². The molecule has 6 nitrogen and oxygen atoms in total. The van der Waals surface area contributed by atoms with Crippen LogP contribution in [-0.2, 0) is 4.79 Å². The highest BCUT2D eigenvalue weighted by molar-refractivity contribution is 5.73. The van der Waals surface area contributed by atoms with Crippen LogP contribution in [0.5, 0.6) is 0 Å². The summed E-state index contributed by atoms with van der Waals surface area (Å²) in [7, 11) is 0. The molecule has 2 atom stereocenters. The number of carboxylic acids is 1. The Kier molecular flexibility index (Phi) is 6.54. The van der Waals surface area contributed by atoms with Crippen molar-refractivity contribution in [2.24, 2.45) is 0 Å². The van der Waals surface area contributed by atoms with E-state index in [4.69, 9.17) is 5.11 Å². The number of rotatable bonds is 7. The fourth-order valence-corrected chi connectivity index (χ4v) is 2.60. The molecule has 26 heavy (non-hydrogen) atoms. The van der Waals surface area contributed by atoms with E-state index in [1.165, 1.54) is 18.2 Å². The van der Waals surface area contributed by atoms with Crippen LogP contribution in [0, 0.1) is 19.7 Å². The highest BCUT2D eigenvalue weighted by atomic mass is 19.1. The van der Waals surface area contributed by atoms with Crippen molar-refractivity contribution in [2.45, 2.75) is 38.9 Å². The first-order valence-electron chi connectivity index (χ1n) is 8.13. The van der Waals surface area contributed by atoms with Gasteiger partial charge in [0, 0.05) is 23.2 Å². The summed E-state index contributed by atoms with van der Waals surface area (Å²) in [5.74, 6) is -0.914. The van der Waals surface area contributed by atoms with Crippen molar-refractivity contribution in [3.8, 4) is 11.3 Å². The van der Waals surface area contributed by atoms with Gasteiger partial charge < -0.3 is 15.3 Å². The van der Waals surface area contributed by atoms with Crippen LogP contribution in [0.25, 0.3) is 17.3 Å². The predicted octanol–water partition coefficient (Wildman–Crippen LogP) is 2.50. The summed E-state index contributed by atoms with van der Waals surface area (Å²) in [5.41, 5.74) is 2.66. The summed E-state index contributed by atoms with van der Waals surface area (Å²) in [4.78, 5) is 19.3. The van der Waals surface area contributed by atoms with Gasteiger partial charge in [-0.05, 0) is 38.1 Å². The minimum Gasteiger partial charge on any atom is -0.481 e. The third-order valence-electron chi connectivity index (χ3n) is 3.77. The van der Waals surface area contributed by atoms with E-state index in [0.29, 0.717) is 28.3 Å². The Labute approximate surface area is 150 Å². The normalized spacial score (nSPS) is 13.7. The molecule has 1 heterocycles. The fourth-order valence-electron chi connectivity index (χ4n) is 2.60. The number of aliphatic hydroxyl groups excluding tert-OH is 2. The molecular formula is C19H21FN2O4. The molecule has 138 valence electrons. The van der Waals surface area contributed by atoms with E-state index in [-0.39, 0.29) is 12.2 Å². The SMILES string of the molecule is Cc1nc(C)c(C=C[C@@H](O)C[C@@H](O)CC(=O)O)c(-c2ccc(F)cc2)n1. The molecule has 0 bridgehead atoms. The van der Waals surface area contributed by atoms with Gasteiger partial charge in [-0.2, -0.15) is 0 Å². The largest absolute Gasteiger partial charge is 0.481 e. The highest BCUT2D eigenvalue weighted by Gasteiger charge is 2.14. The molecule has 1 aromatic heterocycles. The van der Waals surface area contributed by atoms with Crippen LogP contribution in [0.2, 0.25) is 0 Å². The van der Waals surface area contributed by atoms with Gasteiger partial charge in [-0.15, -0.1) is 0 Å². The molecule has 0 aliphatic heterocycles. The number of aliphatic carboxylic acids is 1. The summed E-state index contributed by atoms with van der Waals surface area (Å²) in [6, 6.07) is 5.90. The smallest absolute Gasteiger partial charge is 0.305 e. The Morgan fingerprint density at radius 3 is 2.46 bits per heavy atom. The number of halogens is 1. The molecule has 2 rings (SSSR count). The van der Waals surface area contributed by atoms with Crippen LogP contribution in [0.1, 0.15) is 29.9 Å². The van der Waals surface area contributed by atoms with E-state index in [1.807, 2.05) is 0 Å². The molecule has 7 heteroatoms. The quantitative estimate of drug-likeness (QED) is 0.701. The predicted molar refractivity (Wildman–Crippen MR) is 94.8 cm³/mol. The van der Waals surface area contributed by atoms with Crippen molar-refractivity contribution in [3.63, 3.8) is 0 Å². The van der Waals surface area contributed by atoms with Crippen molar-refractivity contribution in [1.29, 1.82) is 0 Å². The summed E-state index contributed by atoms with van der Waals surface area (Å²) >= 11 is 0. The van der Waals surface area contributed by atoms with Crippen molar-refractivity contribution < 1.29 is 24.5 Å². The molecule has 3 N–H and O–H groups in total. The fraction of sp³-hybridized carbons (Fsp3) is 0.316. The number of aliphatic hydroxyl groups is 2. The van der Waals surface area contributed by atoms with E-state index >= 15 is 0 Å². The van der Waals surface area contributed by atoms with Crippen molar-refractivity contribution in [2.75, 3.05) is 0 Å². The zero-order valence-electron chi connectivity index (χ0n) is 14.6. The summed E-state index contributed by atoms with van der Waals surface area (Å²) in [6.07, 6.45) is 0.397.